The molecule has 0 aliphatic rings. The summed E-state index contributed by atoms with van der Waals surface area (Å²) in [5.74, 6) is -0.355. The molecule has 1 amide bonds. The molecule has 0 atom stereocenters. The van der Waals surface area contributed by atoms with Gasteiger partial charge in [0.05, 0.1) is 10.6 Å². The maximum atomic E-state index is 12.5. The molecule has 3 aromatic rings. The first-order chi connectivity index (χ1) is 13.3. The van der Waals surface area contributed by atoms with Gasteiger partial charge >= 0.3 is 0 Å². The SMILES string of the molecule is Cc1nc(NS(=O)(=O)c2ccc(Cl)cc2)sc1C(=O)NCc1ccccc1Cl. The van der Waals surface area contributed by atoms with Gasteiger partial charge in [0.15, 0.2) is 5.13 Å². The number of nitrogens with zero attached hydrogens (tertiary/aromatic N) is 1. The number of rotatable bonds is 6. The van der Waals surface area contributed by atoms with Crippen LogP contribution in [0.2, 0.25) is 10.0 Å². The third-order valence-electron chi connectivity index (χ3n) is 3.75. The van der Waals surface area contributed by atoms with E-state index in [-0.39, 0.29) is 22.5 Å². The number of thiazole rings is 1. The van der Waals surface area contributed by atoms with E-state index in [1.54, 1.807) is 19.1 Å². The summed E-state index contributed by atoms with van der Waals surface area (Å²) in [5, 5.41) is 3.86. The van der Waals surface area contributed by atoms with E-state index in [0.717, 1.165) is 16.9 Å². The Balaban J connectivity index is 1.72. The first kappa shape index (κ1) is 20.6. The fraction of sp³-hybridized carbons (Fsp3) is 0.111. The van der Waals surface area contributed by atoms with Crippen LogP contribution in [-0.2, 0) is 16.6 Å². The van der Waals surface area contributed by atoms with E-state index in [9.17, 15) is 13.2 Å². The van der Waals surface area contributed by atoms with Crippen molar-refractivity contribution >= 4 is 55.6 Å². The topological polar surface area (TPSA) is 88.2 Å². The Labute approximate surface area is 176 Å². The third kappa shape index (κ3) is 4.82. The summed E-state index contributed by atoms with van der Waals surface area (Å²) < 4.78 is 27.3. The summed E-state index contributed by atoms with van der Waals surface area (Å²) in [6.07, 6.45) is 0. The average molecular weight is 456 g/mol. The molecule has 0 aliphatic carbocycles. The second-order valence-corrected chi connectivity index (χ2v) is 9.29. The maximum Gasteiger partial charge on any atom is 0.263 e. The van der Waals surface area contributed by atoms with Crippen LogP contribution < -0.4 is 10.0 Å². The van der Waals surface area contributed by atoms with Crippen LogP contribution >= 0.6 is 34.5 Å². The zero-order chi connectivity index (χ0) is 20.3. The van der Waals surface area contributed by atoms with E-state index in [2.05, 4.69) is 15.0 Å². The molecule has 0 unspecified atom stereocenters. The van der Waals surface area contributed by atoms with Crippen molar-refractivity contribution in [3.63, 3.8) is 0 Å². The number of halogens is 2. The normalized spacial score (nSPS) is 11.2. The Morgan fingerprint density at radius 2 is 1.79 bits per heavy atom. The number of hydrogen-bond acceptors (Lipinski definition) is 5. The molecule has 0 aliphatic heterocycles. The number of hydrogen-bond donors (Lipinski definition) is 2. The molecule has 0 radical (unpaired) electrons. The Kier molecular flexibility index (Phi) is 6.24. The van der Waals surface area contributed by atoms with Gasteiger partial charge in [0, 0.05) is 16.6 Å². The number of benzene rings is 2. The van der Waals surface area contributed by atoms with Gasteiger partial charge in [-0.15, -0.1) is 0 Å². The Hall–Kier alpha value is -2.13. The minimum atomic E-state index is -3.83. The molecule has 0 saturated carbocycles. The second-order valence-electron chi connectivity index (χ2n) is 5.77. The predicted octanol–water partition coefficient (Wildman–Crippen LogP) is 4.49. The van der Waals surface area contributed by atoms with Crippen LogP contribution in [0.5, 0.6) is 0 Å². The standard InChI is InChI=1S/C18H15Cl2N3O3S2/c1-11-16(17(24)21-10-12-4-2-3-5-15(12)20)27-18(22-11)23-28(25,26)14-8-6-13(19)7-9-14/h2-9H,10H2,1H3,(H,21,24)(H,22,23). The summed E-state index contributed by atoms with van der Waals surface area (Å²) in [7, 11) is -3.83. The molecule has 0 fully saturated rings. The minimum Gasteiger partial charge on any atom is -0.347 e. The molecular formula is C18H15Cl2N3O3S2. The summed E-state index contributed by atoms with van der Waals surface area (Å²) in [6, 6.07) is 12.9. The summed E-state index contributed by atoms with van der Waals surface area (Å²) in [4.78, 5) is 17.0. The number of anilines is 1. The number of aryl methyl sites for hydroxylation is 1. The molecule has 146 valence electrons. The first-order valence-electron chi connectivity index (χ1n) is 8.03. The van der Waals surface area contributed by atoms with Gasteiger partial charge < -0.3 is 5.32 Å². The molecule has 1 heterocycles. The van der Waals surface area contributed by atoms with Crippen molar-refractivity contribution in [3.8, 4) is 0 Å². The number of carbonyl (C=O) groups is 1. The predicted molar refractivity (Wildman–Crippen MR) is 112 cm³/mol. The van der Waals surface area contributed by atoms with E-state index in [4.69, 9.17) is 23.2 Å². The zero-order valence-electron chi connectivity index (χ0n) is 14.6. The van der Waals surface area contributed by atoms with Gasteiger partial charge in [0.1, 0.15) is 4.88 Å². The van der Waals surface area contributed by atoms with Crippen LogP contribution in [0.15, 0.2) is 53.4 Å². The highest BCUT2D eigenvalue weighted by molar-refractivity contribution is 7.93. The lowest BCUT2D eigenvalue weighted by Crippen LogP contribution is -2.22. The molecule has 28 heavy (non-hydrogen) atoms. The Morgan fingerprint density at radius 1 is 1.11 bits per heavy atom. The van der Waals surface area contributed by atoms with E-state index >= 15 is 0 Å². The van der Waals surface area contributed by atoms with Gasteiger partial charge in [-0.2, -0.15) is 0 Å². The van der Waals surface area contributed by atoms with Gasteiger partial charge in [-0.1, -0.05) is 52.7 Å². The molecule has 1 aromatic heterocycles. The van der Waals surface area contributed by atoms with Crippen molar-refractivity contribution in [1.29, 1.82) is 0 Å². The molecule has 10 heteroatoms. The highest BCUT2D eigenvalue weighted by Crippen LogP contribution is 2.26. The molecular weight excluding hydrogens is 441 g/mol. The Morgan fingerprint density at radius 3 is 2.46 bits per heavy atom. The highest BCUT2D eigenvalue weighted by atomic mass is 35.5. The summed E-state index contributed by atoms with van der Waals surface area (Å²) in [5.41, 5.74) is 1.21. The van der Waals surface area contributed by atoms with Crippen molar-refractivity contribution in [2.75, 3.05) is 4.72 Å². The lowest BCUT2D eigenvalue weighted by atomic mass is 10.2. The van der Waals surface area contributed by atoms with Crippen LogP contribution in [-0.4, -0.2) is 19.3 Å². The zero-order valence-corrected chi connectivity index (χ0v) is 17.7. The van der Waals surface area contributed by atoms with Crippen LogP contribution in [0, 0.1) is 6.92 Å². The molecule has 0 saturated heterocycles. The third-order valence-corrected chi connectivity index (χ3v) is 6.92. The number of carbonyl (C=O) groups excluding carboxylic acids is 1. The van der Waals surface area contributed by atoms with Crippen LogP contribution in [0.1, 0.15) is 20.9 Å². The van der Waals surface area contributed by atoms with Crippen molar-refractivity contribution in [3.05, 3.63) is 74.7 Å². The summed E-state index contributed by atoms with van der Waals surface area (Å²) >= 11 is 12.8. The monoisotopic (exact) mass is 455 g/mol. The van der Waals surface area contributed by atoms with Gasteiger partial charge in [-0.05, 0) is 42.8 Å². The van der Waals surface area contributed by atoms with Crippen molar-refractivity contribution < 1.29 is 13.2 Å². The lowest BCUT2D eigenvalue weighted by Gasteiger charge is -2.06. The van der Waals surface area contributed by atoms with Crippen LogP contribution in [0.25, 0.3) is 0 Å². The van der Waals surface area contributed by atoms with E-state index in [1.165, 1.54) is 24.3 Å². The van der Waals surface area contributed by atoms with Gasteiger partial charge in [0.2, 0.25) is 0 Å². The van der Waals surface area contributed by atoms with Gasteiger partial charge in [-0.3, -0.25) is 9.52 Å². The minimum absolute atomic E-state index is 0.0504. The van der Waals surface area contributed by atoms with Crippen molar-refractivity contribution in [1.82, 2.24) is 10.3 Å². The molecule has 3 rings (SSSR count). The fourth-order valence-electron chi connectivity index (χ4n) is 2.34. The quantitative estimate of drug-likeness (QED) is 0.572. The van der Waals surface area contributed by atoms with Crippen LogP contribution in [0.4, 0.5) is 5.13 Å². The maximum absolute atomic E-state index is 12.5. The smallest absolute Gasteiger partial charge is 0.263 e. The number of aromatic nitrogens is 1. The molecule has 2 aromatic carbocycles. The van der Waals surface area contributed by atoms with E-state index in [0.29, 0.717) is 20.6 Å². The molecule has 2 N–H and O–H groups in total. The molecule has 6 nitrogen and oxygen atoms in total. The van der Waals surface area contributed by atoms with Crippen LogP contribution in [0.3, 0.4) is 0 Å². The largest absolute Gasteiger partial charge is 0.347 e. The van der Waals surface area contributed by atoms with E-state index < -0.39 is 10.0 Å². The lowest BCUT2D eigenvalue weighted by molar-refractivity contribution is 0.0954. The van der Waals surface area contributed by atoms with E-state index in [1.807, 2.05) is 12.1 Å². The molecule has 0 bridgehead atoms. The number of nitrogens with one attached hydrogen (secondary N) is 2. The molecule has 0 spiro atoms. The number of amides is 1. The van der Waals surface area contributed by atoms with Crippen molar-refractivity contribution in [2.45, 2.75) is 18.4 Å². The Bertz CT molecular complexity index is 1110. The van der Waals surface area contributed by atoms with Gasteiger partial charge in [-0.25, -0.2) is 13.4 Å². The first-order valence-corrected chi connectivity index (χ1v) is 11.1. The highest BCUT2D eigenvalue weighted by Gasteiger charge is 2.20. The van der Waals surface area contributed by atoms with Gasteiger partial charge in [0.25, 0.3) is 15.9 Å². The average Bonchev–Trinajstić information content (AvgIpc) is 3.00. The fourth-order valence-corrected chi connectivity index (χ4v) is 4.78. The summed E-state index contributed by atoms with van der Waals surface area (Å²) in [6.45, 7) is 1.89. The number of sulfonamides is 1. The van der Waals surface area contributed by atoms with Crippen molar-refractivity contribution in [2.24, 2.45) is 0 Å². The second kappa shape index (κ2) is 8.48.